The number of pyridine rings is 1. The van der Waals surface area contributed by atoms with E-state index in [2.05, 4.69) is 15.6 Å². The van der Waals surface area contributed by atoms with Crippen molar-refractivity contribution in [3.8, 4) is 0 Å². The van der Waals surface area contributed by atoms with E-state index in [1.165, 1.54) is 0 Å². The fourth-order valence-corrected chi connectivity index (χ4v) is 2.14. The average molecular weight is 325 g/mol. The summed E-state index contributed by atoms with van der Waals surface area (Å²) in [7, 11) is 0. The first-order valence-corrected chi connectivity index (χ1v) is 7.88. The summed E-state index contributed by atoms with van der Waals surface area (Å²) in [5.41, 5.74) is 1.55. The number of benzene rings is 1. The van der Waals surface area contributed by atoms with Gasteiger partial charge in [0.05, 0.1) is 0 Å². The quantitative estimate of drug-likeness (QED) is 0.892. The van der Waals surface area contributed by atoms with Crippen LogP contribution in [0.3, 0.4) is 0 Å². The molecule has 0 aliphatic rings. The molecule has 1 aromatic carbocycles. The van der Waals surface area contributed by atoms with Crippen molar-refractivity contribution in [3.63, 3.8) is 0 Å². The highest BCUT2D eigenvalue weighted by Crippen LogP contribution is 2.19. The normalized spacial score (nSPS) is 11.0. The molecule has 0 spiro atoms. The molecule has 0 aliphatic carbocycles. The fraction of sp³-hybridized carbons (Fsp3) is 0.316. The first-order chi connectivity index (χ1) is 11.2. The third-order valence-corrected chi connectivity index (χ3v) is 3.26. The number of carbonyl (C=O) groups is 2. The average Bonchev–Trinajstić information content (AvgIpc) is 2.46. The van der Waals surface area contributed by atoms with E-state index < -0.39 is 0 Å². The number of hydrogen-bond acceptors (Lipinski definition) is 3. The van der Waals surface area contributed by atoms with Crippen molar-refractivity contribution < 1.29 is 9.59 Å². The third-order valence-electron chi connectivity index (χ3n) is 3.26. The number of aromatic nitrogens is 1. The monoisotopic (exact) mass is 325 g/mol. The van der Waals surface area contributed by atoms with Crippen molar-refractivity contribution in [3.05, 3.63) is 53.6 Å². The van der Waals surface area contributed by atoms with Gasteiger partial charge in [-0.2, -0.15) is 0 Å². The van der Waals surface area contributed by atoms with Gasteiger partial charge in [0.2, 0.25) is 5.91 Å². The molecule has 2 aromatic rings. The number of anilines is 2. The SMILES string of the molecule is Cc1ccc(C(=O)Nc2cccc(NC(=O)CC(C)(C)C)n2)cc1. The molecular formula is C19H23N3O2. The minimum atomic E-state index is -0.235. The zero-order chi connectivity index (χ0) is 17.7. The van der Waals surface area contributed by atoms with Crippen LogP contribution in [0.5, 0.6) is 0 Å². The van der Waals surface area contributed by atoms with Gasteiger partial charge in [-0.3, -0.25) is 9.59 Å². The maximum absolute atomic E-state index is 12.2. The van der Waals surface area contributed by atoms with Gasteiger partial charge in [-0.1, -0.05) is 44.5 Å². The number of carbonyl (C=O) groups excluding carboxylic acids is 2. The van der Waals surface area contributed by atoms with Gasteiger partial charge < -0.3 is 10.6 Å². The molecular weight excluding hydrogens is 302 g/mol. The van der Waals surface area contributed by atoms with Crippen LogP contribution >= 0.6 is 0 Å². The van der Waals surface area contributed by atoms with Gasteiger partial charge in [-0.05, 0) is 36.6 Å². The van der Waals surface area contributed by atoms with Crippen molar-refractivity contribution >= 4 is 23.5 Å². The molecule has 0 aliphatic heterocycles. The van der Waals surface area contributed by atoms with Gasteiger partial charge in [0.25, 0.3) is 5.91 Å². The van der Waals surface area contributed by atoms with Gasteiger partial charge in [-0.15, -0.1) is 0 Å². The van der Waals surface area contributed by atoms with Crippen LogP contribution < -0.4 is 10.6 Å². The molecule has 0 bridgehead atoms. The molecule has 0 unspecified atom stereocenters. The van der Waals surface area contributed by atoms with Crippen LogP contribution in [0.1, 0.15) is 43.1 Å². The molecule has 2 amide bonds. The Morgan fingerprint density at radius 3 is 2.12 bits per heavy atom. The van der Waals surface area contributed by atoms with Crippen molar-refractivity contribution in [2.24, 2.45) is 5.41 Å². The highest BCUT2D eigenvalue weighted by Gasteiger charge is 2.16. The molecule has 1 heterocycles. The minimum Gasteiger partial charge on any atom is -0.311 e. The van der Waals surface area contributed by atoms with Crippen LogP contribution in [0.15, 0.2) is 42.5 Å². The summed E-state index contributed by atoms with van der Waals surface area (Å²) >= 11 is 0. The lowest BCUT2D eigenvalue weighted by molar-refractivity contribution is -0.117. The summed E-state index contributed by atoms with van der Waals surface area (Å²) < 4.78 is 0. The van der Waals surface area contributed by atoms with Gasteiger partial charge in [0.1, 0.15) is 11.6 Å². The van der Waals surface area contributed by atoms with Crippen LogP contribution in [-0.2, 0) is 4.79 Å². The van der Waals surface area contributed by atoms with E-state index in [1.54, 1.807) is 30.3 Å². The molecule has 5 heteroatoms. The Bertz CT molecular complexity index is 731. The van der Waals surface area contributed by atoms with E-state index in [1.807, 2.05) is 39.8 Å². The zero-order valence-electron chi connectivity index (χ0n) is 14.5. The first-order valence-electron chi connectivity index (χ1n) is 7.88. The van der Waals surface area contributed by atoms with Crippen molar-refractivity contribution in [2.45, 2.75) is 34.1 Å². The Hall–Kier alpha value is -2.69. The standard InChI is InChI=1S/C19H23N3O2/c1-13-8-10-14(11-9-13)18(24)22-16-7-5-6-15(20-16)21-17(23)12-19(2,3)4/h5-11H,12H2,1-4H3,(H2,20,21,22,23,24). The summed E-state index contributed by atoms with van der Waals surface area (Å²) in [4.78, 5) is 28.4. The topological polar surface area (TPSA) is 71.1 Å². The summed E-state index contributed by atoms with van der Waals surface area (Å²) in [5, 5.41) is 5.50. The van der Waals surface area contributed by atoms with Crippen LogP contribution in [0.2, 0.25) is 0 Å². The van der Waals surface area contributed by atoms with E-state index in [0.717, 1.165) is 5.56 Å². The Balaban J connectivity index is 2.03. The van der Waals surface area contributed by atoms with Crippen LogP contribution in [0.25, 0.3) is 0 Å². The number of aryl methyl sites for hydroxylation is 1. The second kappa shape index (κ2) is 7.25. The smallest absolute Gasteiger partial charge is 0.256 e. The molecule has 0 radical (unpaired) electrons. The van der Waals surface area contributed by atoms with Gasteiger partial charge in [0, 0.05) is 12.0 Å². The van der Waals surface area contributed by atoms with Crippen molar-refractivity contribution in [1.29, 1.82) is 0 Å². The molecule has 1 aromatic heterocycles. The molecule has 5 nitrogen and oxygen atoms in total. The van der Waals surface area contributed by atoms with Crippen LogP contribution in [0.4, 0.5) is 11.6 Å². The molecule has 0 saturated heterocycles. The number of rotatable bonds is 4. The van der Waals surface area contributed by atoms with Gasteiger partial charge in [-0.25, -0.2) is 4.98 Å². The predicted octanol–water partition coefficient (Wildman–Crippen LogP) is 4.02. The molecule has 0 saturated carbocycles. The largest absolute Gasteiger partial charge is 0.311 e. The van der Waals surface area contributed by atoms with E-state index in [0.29, 0.717) is 23.6 Å². The fourth-order valence-electron chi connectivity index (χ4n) is 2.14. The number of nitrogens with zero attached hydrogens (tertiary/aromatic N) is 1. The summed E-state index contributed by atoms with van der Waals surface area (Å²) in [6, 6.07) is 12.4. The second-order valence-electron chi connectivity index (χ2n) is 7.01. The molecule has 2 N–H and O–H groups in total. The maximum Gasteiger partial charge on any atom is 0.256 e. The molecule has 0 fully saturated rings. The maximum atomic E-state index is 12.2. The Labute approximate surface area is 142 Å². The van der Waals surface area contributed by atoms with Crippen molar-refractivity contribution in [2.75, 3.05) is 10.6 Å². The highest BCUT2D eigenvalue weighted by molar-refractivity contribution is 6.03. The number of nitrogens with one attached hydrogen (secondary N) is 2. The first kappa shape index (κ1) is 17.7. The molecule has 24 heavy (non-hydrogen) atoms. The Morgan fingerprint density at radius 1 is 0.958 bits per heavy atom. The van der Waals surface area contributed by atoms with Crippen LogP contribution in [0, 0.1) is 12.3 Å². The highest BCUT2D eigenvalue weighted by atomic mass is 16.2. The Kier molecular flexibility index (Phi) is 5.34. The van der Waals surface area contributed by atoms with E-state index in [-0.39, 0.29) is 17.2 Å². The van der Waals surface area contributed by atoms with Crippen LogP contribution in [-0.4, -0.2) is 16.8 Å². The number of amides is 2. The Morgan fingerprint density at radius 2 is 1.54 bits per heavy atom. The lowest BCUT2D eigenvalue weighted by Gasteiger charge is -2.17. The number of hydrogen-bond donors (Lipinski definition) is 2. The van der Waals surface area contributed by atoms with Gasteiger partial charge in [0.15, 0.2) is 0 Å². The van der Waals surface area contributed by atoms with Gasteiger partial charge >= 0.3 is 0 Å². The van der Waals surface area contributed by atoms with Crippen molar-refractivity contribution in [1.82, 2.24) is 4.98 Å². The predicted molar refractivity (Wildman–Crippen MR) is 96.1 cm³/mol. The summed E-state index contributed by atoms with van der Waals surface area (Å²) in [6.07, 6.45) is 0.397. The second-order valence-corrected chi connectivity index (χ2v) is 7.01. The summed E-state index contributed by atoms with van der Waals surface area (Å²) in [6.45, 7) is 7.96. The van der Waals surface area contributed by atoms with E-state index in [4.69, 9.17) is 0 Å². The summed E-state index contributed by atoms with van der Waals surface area (Å²) in [5.74, 6) is 0.484. The molecule has 2 rings (SSSR count). The lowest BCUT2D eigenvalue weighted by atomic mass is 9.92. The van der Waals surface area contributed by atoms with E-state index >= 15 is 0 Å². The van der Waals surface area contributed by atoms with E-state index in [9.17, 15) is 9.59 Å². The lowest BCUT2D eigenvalue weighted by Crippen LogP contribution is -2.20. The third kappa shape index (κ3) is 5.50. The molecule has 126 valence electrons. The molecule has 0 atom stereocenters. The zero-order valence-corrected chi connectivity index (χ0v) is 14.5. The minimum absolute atomic E-state index is 0.0959.